The summed E-state index contributed by atoms with van der Waals surface area (Å²) in [5.74, 6) is 1.27. The average Bonchev–Trinajstić information content (AvgIpc) is 2.79. The Bertz CT molecular complexity index is 594. The van der Waals surface area contributed by atoms with Gasteiger partial charge in [0, 0.05) is 24.5 Å². The summed E-state index contributed by atoms with van der Waals surface area (Å²) < 4.78 is 0. The zero-order valence-corrected chi connectivity index (χ0v) is 10.8. The summed E-state index contributed by atoms with van der Waals surface area (Å²) >= 11 is 4.29. The lowest BCUT2D eigenvalue weighted by molar-refractivity contribution is -0.117. The molecule has 0 saturated carbocycles. The minimum absolute atomic E-state index is 0.173. The third-order valence-electron chi connectivity index (χ3n) is 3.37. The normalized spacial score (nSPS) is 19.7. The predicted molar refractivity (Wildman–Crippen MR) is 76.1 cm³/mol. The van der Waals surface area contributed by atoms with Crippen LogP contribution < -0.4 is 4.90 Å². The molecular weight excluding hydrogens is 244 g/mol. The highest BCUT2D eigenvalue weighted by Crippen LogP contribution is 2.30. The summed E-state index contributed by atoms with van der Waals surface area (Å²) in [5, 5.41) is 1.07. The van der Waals surface area contributed by atoms with Gasteiger partial charge in [-0.15, -0.1) is 0 Å². The van der Waals surface area contributed by atoms with Gasteiger partial charge in [0.2, 0.25) is 5.91 Å². The molecule has 1 aromatic heterocycles. The number of nitrogens with zero attached hydrogens (tertiary/aromatic N) is 2. The first-order chi connectivity index (χ1) is 8.79. The fourth-order valence-corrected chi connectivity index (χ4v) is 2.69. The van der Waals surface area contributed by atoms with Gasteiger partial charge in [-0.2, -0.15) is 12.6 Å². The van der Waals surface area contributed by atoms with Crippen LogP contribution in [0.15, 0.2) is 36.5 Å². The maximum absolute atomic E-state index is 12.1. The SMILES string of the molecule is O=C1CC(CS)CN1c1cccc2cccnc12. The minimum atomic E-state index is 0.173. The van der Waals surface area contributed by atoms with Gasteiger partial charge in [0.25, 0.3) is 0 Å². The Kier molecular flexibility index (Phi) is 2.96. The number of thiol groups is 1. The molecule has 1 aliphatic rings. The number of hydrogen-bond donors (Lipinski definition) is 1. The number of rotatable bonds is 2. The molecule has 3 rings (SSSR count). The Balaban J connectivity index is 2.07. The lowest BCUT2D eigenvalue weighted by atomic mass is 10.1. The Labute approximate surface area is 111 Å². The second-order valence-electron chi connectivity index (χ2n) is 4.61. The van der Waals surface area contributed by atoms with E-state index < -0.39 is 0 Å². The Hall–Kier alpha value is -1.55. The number of aromatic nitrogens is 1. The summed E-state index contributed by atoms with van der Waals surface area (Å²) in [6.45, 7) is 0.748. The molecule has 0 radical (unpaired) electrons. The van der Waals surface area contributed by atoms with E-state index in [9.17, 15) is 4.79 Å². The maximum Gasteiger partial charge on any atom is 0.227 e. The third kappa shape index (κ3) is 1.86. The molecule has 3 nitrogen and oxygen atoms in total. The monoisotopic (exact) mass is 258 g/mol. The quantitative estimate of drug-likeness (QED) is 0.840. The maximum atomic E-state index is 12.1. The Morgan fingerprint density at radius 1 is 1.33 bits per heavy atom. The zero-order chi connectivity index (χ0) is 12.5. The Morgan fingerprint density at radius 2 is 2.17 bits per heavy atom. The number of hydrogen-bond acceptors (Lipinski definition) is 3. The molecular formula is C14H14N2OS. The summed E-state index contributed by atoms with van der Waals surface area (Å²) in [4.78, 5) is 18.3. The van der Waals surface area contributed by atoms with Crippen molar-refractivity contribution in [3.8, 4) is 0 Å². The average molecular weight is 258 g/mol. The molecule has 1 atom stereocenters. The van der Waals surface area contributed by atoms with Crippen molar-refractivity contribution in [2.75, 3.05) is 17.2 Å². The lowest BCUT2D eigenvalue weighted by Crippen LogP contribution is -2.25. The molecule has 2 aromatic rings. The summed E-state index contributed by atoms with van der Waals surface area (Å²) in [5.41, 5.74) is 1.82. The van der Waals surface area contributed by atoms with Crippen LogP contribution in [0.3, 0.4) is 0 Å². The van der Waals surface area contributed by atoms with Crippen molar-refractivity contribution in [2.45, 2.75) is 6.42 Å². The number of para-hydroxylation sites is 1. The van der Waals surface area contributed by atoms with Gasteiger partial charge in [0.15, 0.2) is 0 Å². The molecule has 2 heterocycles. The Morgan fingerprint density at radius 3 is 2.94 bits per heavy atom. The van der Waals surface area contributed by atoms with Crippen molar-refractivity contribution in [1.82, 2.24) is 4.98 Å². The number of anilines is 1. The van der Waals surface area contributed by atoms with Crippen LogP contribution in [0.2, 0.25) is 0 Å². The van der Waals surface area contributed by atoms with Gasteiger partial charge in [-0.3, -0.25) is 9.78 Å². The number of amides is 1. The van der Waals surface area contributed by atoms with Gasteiger partial charge in [0.05, 0.1) is 11.2 Å². The van der Waals surface area contributed by atoms with Crippen molar-refractivity contribution in [3.63, 3.8) is 0 Å². The summed E-state index contributed by atoms with van der Waals surface area (Å²) in [6.07, 6.45) is 2.36. The van der Waals surface area contributed by atoms with Gasteiger partial charge in [-0.05, 0) is 23.8 Å². The fourth-order valence-electron chi connectivity index (χ4n) is 2.44. The van der Waals surface area contributed by atoms with Gasteiger partial charge in [-0.1, -0.05) is 18.2 Å². The van der Waals surface area contributed by atoms with Gasteiger partial charge in [-0.25, -0.2) is 0 Å². The van der Waals surface area contributed by atoms with E-state index in [1.165, 1.54) is 0 Å². The highest BCUT2D eigenvalue weighted by atomic mass is 32.1. The van der Waals surface area contributed by atoms with Gasteiger partial charge in [0.1, 0.15) is 0 Å². The molecule has 1 unspecified atom stereocenters. The second kappa shape index (κ2) is 4.61. The van der Waals surface area contributed by atoms with Crippen molar-refractivity contribution in [1.29, 1.82) is 0 Å². The van der Waals surface area contributed by atoms with E-state index in [2.05, 4.69) is 17.6 Å². The first-order valence-corrected chi connectivity index (χ1v) is 6.68. The van der Waals surface area contributed by atoms with Crippen LogP contribution in [0.25, 0.3) is 10.9 Å². The highest BCUT2D eigenvalue weighted by Gasteiger charge is 2.30. The summed E-state index contributed by atoms with van der Waals surface area (Å²) in [7, 11) is 0. The molecule has 1 fully saturated rings. The van der Waals surface area contributed by atoms with Crippen LogP contribution in [0.5, 0.6) is 0 Å². The number of benzene rings is 1. The van der Waals surface area contributed by atoms with E-state index >= 15 is 0 Å². The second-order valence-corrected chi connectivity index (χ2v) is 4.97. The van der Waals surface area contributed by atoms with E-state index in [4.69, 9.17) is 0 Å². The van der Waals surface area contributed by atoms with E-state index in [1.54, 1.807) is 6.20 Å². The van der Waals surface area contributed by atoms with E-state index in [1.807, 2.05) is 35.2 Å². The number of carbonyl (C=O) groups excluding carboxylic acids is 1. The largest absolute Gasteiger partial charge is 0.310 e. The van der Waals surface area contributed by atoms with Gasteiger partial charge >= 0.3 is 0 Å². The minimum Gasteiger partial charge on any atom is -0.310 e. The van der Waals surface area contributed by atoms with Gasteiger partial charge < -0.3 is 4.90 Å². The van der Waals surface area contributed by atoms with Crippen LogP contribution in [0.1, 0.15) is 6.42 Å². The third-order valence-corrected chi connectivity index (χ3v) is 3.88. The first kappa shape index (κ1) is 11.5. The molecule has 92 valence electrons. The van der Waals surface area contributed by atoms with Crippen molar-refractivity contribution < 1.29 is 4.79 Å². The number of fused-ring (bicyclic) bond motifs is 1. The molecule has 1 saturated heterocycles. The molecule has 4 heteroatoms. The zero-order valence-electron chi connectivity index (χ0n) is 9.91. The predicted octanol–water partition coefficient (Wildman–Crippen LogP) is 2.52. The van der Waals surface area contributed by atoms with Crippen LogP contribution in [-0.2, 0) is 4.79 Å². The topological polar surface area (TPSA) is 33.2 Å². The number of pyridine rings is 1. The van der Waals surface area contributed by atoms with Crippen LogP contribution in [0, 0.1) is 5.92 Å². The van der Waals surface area contributed by atoms with E-state index in [0.29, 0.717) is 12.3 Å². The highest BCUT2D eigenvalue weighted by molar-refractivity contribution is 7.80. The molecule has 0 aliphatic carbocycles. The fraction of sp³-hybridized carbons (Fsp3) is 0.286. The molecule has 0 N–H and O–H groups in total. The van der Waals surface area contributed by atoms with E-state index in [0.717, 1.165) is 28.9 Å². The molecule has 0 spiro atoms. The molecule has 1 aromatic carbocycles. The summed E-state index contributed by atoms with van der Waals surface area (Å²) in [6, 6.07) is 9.88. The first-order valence-electron chi connectivity index (χ1n) is 6.04. The van der Waals surface area contributed by atoms with Crippen LogP contribution in [0.4, 0.5) is 5.69 Å². The van der Waals surface area contributed by atoms with Crippen molar-refractivity contribution in [3.05, 3.63) is 36.5 Å². The standard InChI is InChI=1S/C14H14N2OS/c17-13-7-10(9-18)8-16(13)12-5-1-3-11-4-2-6-15-14(11)12/h1-6,10,18H,7-9H2. The molecule has 0 bridgehead atoms. The van der Waals surface area contributed by atoms with Crippen molar-refractivity contribution >= 4 is 35.1 Å². The molecule has 18 heavy (non-hydrogen) atoms. The smallest absolute Gasteiger partial charge is 0.227 e. The van der Waals surface area contributed by atoms with Crippen molar-refractivity contribution in [2.24, 2.45) is 5.92 Å². The van der Waals surface area contributed by atoms with E-state index in [-0.39, 0.29) is 5.91 Å². The van der Waals surface area contributed by atoms with Crippen LogP contribution in [-0.4, -0.2) is 23.2 Å². The number of carbonyl (C=O) groups is 1. The lowest BCUT2D eigenvalue weighted by Gasteiger charge is -2.18. The molecule has 1 amide bonds. The molecule has 1 aliphatic heterocycles. The van der Waals surface area contributed by atoms with Crippen LogP contribution >= 0.6 is 12.6 Å².